The molecule has 0 spiro atoms. The molecule has 0 saturated carbocycles. The van der Waals surface area contributed by atoms with E-state index in [4.69, 9.17) is 11.6 Å². The zero-order valence-electron chi connectivity index (χ0n) is 6.47. The number of hydrogen-bond donors (Lipinski definition) is 1. The van der Waals surface area contributed by atoms with Crippen LogP contribution in [0.25, 0.3) is 10.2 Å². The summed E-state index contributed by atoms with van der Waals surface area (Å²) < 4.78 is 1.12. The molecule has 2 aromatic rings. The molecule has 0 amide bonds. The molecule has 12 heavy (non-hydrogen) atoms. The van der Waals surface area contributed by atoms with Crippen LogP contribution in [0.3, 0.4) is 0 Å². The highest BCUT2D eigenvalue weighted by Gasteiger charge is 2.04. The average molecular weight is 199 g/mol. The molecule has 62 valence electrons. The zero-order valence-corrected chi connectivity index (χ0v) is 8.04. The number of hydrogen-bond acceptors (Lipinski definition) is 3. The van der Waals surface area contributed by atoms with Crippen molar-refractivity contribution in [3.8, 4) is 0 Å². The fourth-order valence-electron chi connectivity index (χ4n) is 1.02. The van der Waals surface area contributed by atoms with E-state index in [0.29, 0.717) is 5.02 Å². The third kappa shape index (κ3) is 1.15. The van der Waals surface area contributed by atoms with Crippen LogP contribution in [0, 0.1) is 0 Å². The number of nitrogens with zero attached hydrogens (tertiary/aromatic N) is 1. The van der Waals surface area contributed by atoms with E-state index in [0.717, 1.165) is 15.3 Å². The van der Waals surface area contributed by atoms with Gasteiger partial charge in [-0.15, -0.1) is 0 Å². The van der Waals surface area contributed by atoms with Gasteiger partial charge in [-0.05, 0) is 12.1 Å². The Balaban J connectivity index is 2.74. The lowest BCUT2D eigenvalue weighted by Gasteiger charge is -1.88. The summed E-state index contributed by atoms with van der Waals surface area (Å²) in [4.78, 5) is 4.31. The molecule has 1 aromatic carbocycles. The van der Waals surface area contributed by atoms with Gasteiger partial charge in [0, 0.05) is 7.05 Å². The van der Waals surface area contributed by atoms with E-state index in [1.807, 2.05) is 25.2 Å². The predicted molar refractivity (Wildman–Crippen MR) is 54.2 cm³/mol. The van der Waals surface area contributed by atoms with Gasteiger partial charge >= 0.3 is 0 Å². The molecule has 0 aliphatic rings. The minimum absolute atomic E-state index is 0.713. The second-order valence-electron chi connectivity index (χ2n) is 2.36. The van der Waals surface area contributed by atoms with Gasteiger partial charge < -0.3 is 5.32 Å². The van der Waals surface area contributed by atoms with Crippen molar-refractivity contribution >= 4 is 38.3 Å². The number of fused-ring (bicyclic) bond motifs is 1. The largest absolute Gasteiger partial charge is 0.365 e. The predicted octanol–water partition coefficient (Wildman–Crippen LogP) is 2.99. The van der Waals surface area contributed by atoms with Crippen LogP contribution in [0.4, 0.5) is 5.13 Å². The molecule has 0 radical (unpaired) electrons. The molecule has 0 unspecified atom stereocenters. The molecule has 0 aliphatic heterocycles. The minimum atomic E-state index is 0.713. The monoisotopic (exact) mass is 198 g/mol. The van der Waals surface area contributed by atoms with E-state index >= 15 is 0 Å². The average Bonchev–Trinajstić information content (AvgIpc) is 2.49. The van der Waals surface area contributed by atoms with Gasteiger partial charge in [-0.2, -0.15) is 0 Å². The zero-order chi connectivity index (χ0) is 8.55. The summed E-state index contributed by atoms with van der Waals surface area (Å²) in [5.74, 6) is 0. The smallest absolute Gasteiger partial charge is 0.183 e. The van der Waals surface area contributed by atoms with Gasteiger partial charge in [0.1, 0.15) is 5.52 Å². The fourth-order valence-corrected chi connectivity index (χ4v) is 2.14. The van der Waals surface area contributed by atoms with E-state index in [9.17, 15) is 0 Å². The first kappa shape index (κ1) is 7.83. The molecular formula is C8H7ClN2S. The normalized spacial score (nSPS) is 10.5. The summed E-state index contributed by atoms with van der Waals surface area (Å²) in [5, 5.41) is 4.61. The summed E-state index contributed by atoms with van der Waals surface area (Å²) in [5.41, 5.74) is 0.883. The van der Waals surface area contributed by atoms with Crippen LogP contribution >= 0.6 is 22.9 Å². The van der Waals surface area contributed by atoms with E-state index in [1.165, 1.54) is 0 Å². The van der Waals surface area contributed by atoms with Crippen molar-refractivity contribution < 1.29 is 0 Å². The molecule has 1 aromatic heterocycles. The molecule has 0 atom stereocenters. The first-order chi connectivity index (χ1) is 5.81. The van der Waals surface area contributed by atoms with Gasteiger partial charge in [0.2, 0.25) is 0 Å². The Hall–Kier alpha value is -0.800. The van der Waals surface area contributed by atoms with Crippen molar-refractivity contribution in [3.63, 3.8) is 0 Å². The van der Waals surface area contributed by atoms with Gasteiger partial charge in [-0.3, -0.25) is 0 Å². The second-order valence-corrected chi connectivity index (χ2v) is 3.79. The summed E-state index contributed by atoms with van der Waals surface area (Å²) in [6, 6.07) is 5.80. The number of rotatable bonds is 1. The van der Waals surface area contributed by atoms with Crippen LogP contribution in [0.1, 0.15) is 0 Å². The number of para-hydroxylation sites is 1. The maximum Gasteiger partial charge on any atom is 0.183 e. The topological polar surface area (TPSA) is 24.9 Å². The van der Waals surface area contributed by atoms with Crippen LogP contribution in [-0.4, -0.2) is 12.0 Å². The third-order valence-corrected chi connectivity index (χ3v) is 2.93. The molecule has 4 heteroatoms. The van der Waals surface area contributed by atoms with Gasteiger partial charge in [0.05, 0.1) is 9.72 Å². The van der Waals surface area contributed by atoms with Crippen LogP contribution in [-0.2, 0) is 0 Å². The van der Waals surface area contributed by atoms with Gasteiger partial charge in [0.15, 0.2) is 5.13 Å². The van der Waals surface area contributed by atoms with Gasteiger partial charge in [-0.25, -0.2) is 4.98 Å². The van der Waals surface area contributed by atoms with E-state index < -0.39 is 0 Å². The Morgan fingerprint density at radius 1 is 1.50 bits per heavy atom. The Kier molecular flexibility index (Phi) is 1.90. The van der Waals surface area contributed by atoms with Gasteiger partial charge in [0.25, 0.3) is 0 Å². The summed E-state index contributed by atoms with van der Waals surface area (Å²) in [7, 11) is 1.85. The van der Waals surface area contributed by atoms with Crippen molar-refractivity contribution in [2.24, 2.45) is 0 Å². The number of aromatic nitrogens is 1. The van der Waals surface area contributed by atoms with E-state index in [-0.39, 0.29) is 0 Å². The Morgan fingerprint density at radius 3 is 3.00 bits per heavy atom. The first-order valence-electron chi connectivity index (χ1n) is 3.54. The third-order valence-electron chi connectivity index (χ3n) is 1.58. The fraction of sp³-hybridized carbons (Fsp3) is 0.125. The molecule has 2 nitrogen and oxygen atoms in total. The highest BCUT2D eigenvalue weighted by Crippen LogP contribution is 2.29. The van der Waals surface area contributed by atoms with Crippen LogP contribution in [0.5, 0.6) is 0 Å². The SMILES string of the molecule is CNc1nc2c(Cl)cccc2s1. The summed E-state index contributed by atoms with van der Waals surface area (Å²) >= 11 is 7.55. The molecule has 2 rings (SSSR count). The maximum atomic E-state index is 5.94. The minimum Gasteiger partial charge on any atom is -0.365 e. The molecule has 1 N–H and O–H groups in total. The Labute approximate surface area is 79.2 Å². The highest BCUT2D eigenvalue weighted by molar-refractivity contribution is 7.22. The van der Waals surface area contributed by atoms with Crippen molar-refractivity contribution in [1.29, 1.82) is 0 Å². The number of thiazole rings is 1. The van der Waals surface area contributed by atoms with Gasteiger partial charge in [-0.1, -0.05) is 29.0 Å². The van der Waals surface area contributed by atoms with E-state index in [1.54, 1.807) is 11.3 Å². The highest BCUT2D eigenvalue weighted by atomic mass is 35.5. The summed E-state index contributed by atoms with van der Waals surface area (Å²) in [6.45, 7) is 0. The molecule has 0 fully saturated rings. The van der Waals surface area contributed by atoms with Crippen LogP contribution < -0.4 is 5.32 Å². The summed E-state index contributed by atoms with van der Waals surface area (Å²) in [6.07, 6.45) is 0. The Morgan fingerprint density at radius 2 is 2.33 bits per heavy atom. The number of anilines is 1. The lowest BCUT2D eigenvalue weighted by Crippen LogP contribution is -1.84. The van der Waals surface area contributed by atoms with E-state index in [2.05, 4.69) is 10.3 Å². The molecular weight excluding hydrogens is 192 g/mol. The number of benzene rings is 1. The number of nitrogens with one attached hydrogen (secondary N) is 1. The molecule has 0 saturated heterocycles. The molecule has 1 heterocycles. The van der Waals surface area contributed by atoms with Crippen molar-refractivity contribution in [1.82, 2.24) is 4.98 Å². The Bertz CT molecular complexity index is 410. The standard InChI is InChI=1S/C8H7ClN2S/c1-10-8-11-7-5(9)3-2-4-6(7)12-8/h2-4H,1H3,(H,10,11). The van der Waals surface area contributed by atoms with Crippen molar-refractivity contribution in [3.05, 3.63) is 23.2 Å². The number of halogens is 1. The van der Waals surface area contributed by atoms with Crippen molar-refractivity contribution in [2.45, 2.75) is 0 Å². The van der Waals surface area contributed by atoms with Crippen LogP contribution in [0.2, 0.25) is 5.02 Å². The second kappa shape index (κ2) is 2.92. The van der Waals surface area contributed by atoms with Crippen molar-refractivity contribution in [2.75, 3.05) is 12.4 Å². The lowest BCUT2D eigenvalue weighted by molar-refractivity contribution is 1.41. The first-order valence-corrected chi connectivity index (χ1v) is 4.73. The maximum absolute atomic E-state index is 5.94. The van der Waals surface area contributed by atoms with Crippen LogP contribution in [0.15, 0.2) is 18.2 Å². The quantitative estimate of drug-likeness (QED) is 0.762. The molecule has 0 aliphatic carbocycles. The lowest BCUT2D eigenvalue weighted by atomic mass is 10.3. The molecule has 0 bridgehead atoms.